The van der Waals surface area contributed by atoms with E-state index in [0.29, 0.717) is 11.8 Å². The van der Waals surface area contributed by atoms with Crippen molar-refractivity contribution >= 4 is 0 Å². The lowest BCUT2D eigenvalue weighted by Crippen LogP contribution is -2.38. The fourth-order valence-corrected chi connectivity index (χ4v) is 1.99. The zero-order chi connectivity index (χ0) is 14.4. The molecular formula is C15H25NO3. The van der Waals surface area contributed by atoms with Crippen LogP contribution in [0.5, 0.6) is 11.5 Å². The summed E-state index contributed by atoms with van der Waals surface area (Å²) in [4.78, 5) is 0. The Hall–Kier alpha value is -1.26. The van der Waals surface area contributed by atoms with E-state index in [4.69, 9.17) is 9.47 Å². The van der Waals surface area contributed by atoms with Crippen LogP contribution in [0.4, 0.5) is 0 Å². The van der Waals surface area contributed by atoms with Crippen LogP contribution in [-0.2, 0) is 0 Å². The van der Waals surface area contributed by atoms with Gasteiger partial charge in [0.25, 0.3) is 0 Å². The molecule has 0 saturated carbocycles. The monoisotopic (exact) mass is 267 g/mol. The van der Waals surface area contributed by atoms with E-state index in [9.17, 15) is 5.11 Å². The lowest BCUT2D eigenvalue weighted by Gasteiger charge is -2.25. The van der Waals surface area contributed by atoms with Crippen LogP contribution >= 0.6 is 0 Å². The first kappa shape index (κ1) is 15.8. The van der Waals surface area contributed by atoms with E-state index in [1.807, 2.05) is 19.1 Å². The molecule has 0 amide bonds. The summed E-state index contributed by atoms with van der Waals surface area (Å²) in [7, 11) is 3.20. The fraction of sp³-hybridized carbons (Fsp3) is 0.600. The predicted octanol–water partition coefficient (Wildman–Crippen LogP) is 2.51. The number of hydrogen-bond donors (Lipinski definition) is 2. The third-order valence-electron chi connectivity index (χ3n) is 3.39. The van der Waals surface area contributed by atoms with Crippen molar-refractivity contribution in [2.45, 2.75) is 45.4 Å². The van der Waals surface area contributed by atoms with Crippen LogP contribution in [0.2, 0.25) is 0 Å². The minimum atomic E-state index is -0.616. The second kappa shape index (κ2) is 7.36. The largest absolute Gasteiger partial charge is 0.497 e. The van der Waals surface area contributed by atoms with Crippen LogP contribution in [0.25, 0.3) is 0 Å². The van der Waals surface area contributed by atoms with Crippen LogP contribution in [0.15, 0.2) is 18.2 Å². The maximum atomic E-state index is 10.4. The molecule has 0 fully saturated rings. The Bertz CT molecular complexity index is 395. The Morgan fingerprint density at radius 3 is 2.42 bits per heavy atom. The molecule has 0 heterocycles. The molecule has 0 aliphatic heterocycles. The highest BCUT2D eigenvalue weighted by Gasteiger charge is 2.21. The molecule has 108 valence electrons. The second-order valence-electron chi connectivity index (χ2n) is 4.82. The number of ether oxygens (including phenoxy) is 2. The molecule has 2 N–H and O–H groups in total. The van der Waals surface area contributed by atoms with E-state index in [1.54, 1.807) is 20.3 Å². The summed E-state index contributed by atoms with van der Waals surface area (Å²) in [5.74, 6) is 1.36. The van der Waals surface area contributed by atoms with Gasteiger partial charge in [-0.3, -0.25) is 0 Å². The van der Waals surface area contributed by atoms with Gasteiger partial charge in [-0.05, 0) is 32.4 Å². The molecule has 0 aliphatic carbocycles. The Morgan fingerprint density at radius 2 is 1.89 bits per heavy atom. The van der Waals surface area contributed by atoms with E-state index in [-0.39, 0.29) is 6.04 Å². The van der Waals surface area contributed by atoms with Gasteiger partial charge in [0, 0.05) is 23.7 Å². The molecule has 4 heteroatoms. The molecule has 0 radical (unpaired) electrons. The molecule has 0 bridgehead atoms. The number of benzene rings is 1. The van der Waals surface area contributed by atoms with Gasteiger partial charge in [-0.2, -0.15) is 0 Å². The molecule has 0 spiro atoms. The first-order valence-electron chi connectivity index (χ1n) is 6.69. The lowest BCUT2D eigenvalue weighted by molar-refractivity contribution is 0.127. The predicted molar refractivity (Wildman–Crippen MR) is 76.9 cm³/mol. The van der Waals surface area contributed by atoms with Crippen molar-refractivity contribution in [3.63, 3.8) is 0 Å². The van der Waals surface area contributed by atoms with E-state index in [2.05, 4.69) is 19.2 Å². The first-order valence-corrected chi connectivity index (χ1v) is 6.69. The Kier molecular flexibility index (Phi) is 6.12. The molecular weight excluding hydrogens is 242 g/mol. The Labute approximate surface area is 115 Å². The van der Waals surface area contributed by atoms with Gasteiger partial charge < -0.3 is 19.9 Å². The van der Waals surface area contributed by atoms with Crippen LogP contribution in [-0.4, -0.2) is 31.4 Å². The van der Waals surface area contributed by atoms with Gasteiger partial charge in [0.05, 0.1) is 20.3 Å². The van der Waals surface area contributed by atoms with Crippen molar-refractivity contribution in [1.82, 2.24) is 5.32 Å². The minimum absolute atomic E-state index is 0.0442. The second-order valence-corrected chi connectivity index (χ2v) is 4.82. The number of rotatable bonds is 7. The summed E-state index contributed by atoms with van der Waals surface area (Å²) in [6.07, 6.45) is 0.409. The summed E-state index contributed by atoms with van der Waals surface area (Å²) >= 11 is 0. The van der Waals surface area contributed by atoms with Crippen LogP contribution < -0.4 is 14.8 Å². The lowest BCUT2D eigenvalue weighted by atomic mass is 10.0. The van der Waals surface area contributed by atoms with E-state index < -0.39 is 6.10 Å². The van der Waals surface area contributed by atoms with Gasteiger partial charge in [-0.1, -0.05) is 6.92 Å². The van der Waals surface area contributed by atoms with Gasteiger partial charge in [0.15, 0.2) is 0 Å². The first-order chi connectivity index (χ1) is 9.03. The van der Waals surface area contributed by atoms with Crippen molar-refractivity contribution in [3.05, 3.63) is 23.8 Å². The zero-order valence-electron chi connectivity index (χ0n) is 12.4. The van der Waals surface area contributed by atoms with Gasteiger partial charge >= 0.3 is 0 Å². The van der Waals surface area contributed by atoms with Gasteiger partial charge in [0.2, 0.25) is 0 Å². The summed E-state index contributed by atoms with van der Waals surface area (Å²) in [6.45, 7) is 6.19. The van der Waals surface area contributed by atoms with E-state index in [0.717, 1.165) is 17.7 Å². The number of methoxy groups -OCH3 is 2. The summed E-state index contributed by atoms with van der Waals surface area (Å²) in [6, 6.07) is 5.79. The van der Waals surface area contributed by atoms with Crippen LogP contribution in [0, 0.1) is 0 Å². The molecule has 0 saturated heterocycles. The van der Waals surface area contributed by atoms with Crippen LogP contribution in [0.3, 0.4) is 0 Å². The van der Waals surface area contributed by atoms with Crippen molar-refractivity contribution in [3.8, 4) is 11.5 Å². The minimum Gasteiger partial charge on any atom is -0.497 e. The average molecular weight is 267 g/mol. The quantitative estimate of drug-likeness (QED) is 0.797. The van der Waals surface area contributed by atoms with Gasteiger partial charge in [0.1, 0.15) is 11.5 Å². The number of aliphatic hydroxyl groups is 1. The average Bonchev–Trinajstić information content (AvgIpc) is 2.45. The van der Waals surface area contributed by atoms with E-state index in [1.165, 1.54) is 0 Å². The molecule has 3 unspecified atom stereocenters. The summed E-state index contributed by atoms with van der Waals surface area (Å²) < 4.78 is 10.5. The summed E-state index contributed by atoms with van der Waals surface area (Å²) in [5, 5.41) is 13.8. The summed E-state index contributed by atoms with van der Waals surface area (Å²) in [5.41, 5.74) is 0.770. The van der Waals surface area contributed by atoms with Crippen molar-refractivity contribution in [2.75, 3.05) is 14.2 Å². The van der Waals surface area contributed by atoms with Crippen molar-refractivity contribution in [1.29, 1.82) is 0 Å². The Morgan fingerprint density at radius 1 is 1.21 bits per heavy atom. The topological polar surface area (TPSA) is 50.7 Å². The third-order valence-corrected chi connectivity index (χ3v) is 3.39. The maximum absolute atomic E-state index is 10.4. The molecule has 0 aromatic heterocycles. The van der Waals surface area contributed by atoms with Crippen molar-refractivity contribution in [2.24, 2.45) is 0 Å². The highest BCUT2D eigenvalue weighted by molar-refractivity contribution is 5.42. The zero-order valence-corrected chi connectivity index (χ0v) is 12.4. The third kappa shape index (κ3) is 4.11. The smallest absolute Gasteiger partial charge is 0.128 e. The number of nitrogens with one attached hydrogen (secondary N) is 1. The molecule has 19 heavy (non-hydrogen) atoms. The molecule has 1 aromatic rings. The van der Waals surface area contributed by atoms with E-state index >= 15 is 0 Å². The molecule has 3 atom stereocenters. The highest BCUT2D eigenvalue weighted by Crippen LogP contribution is 2.31. The maximum Gasteiger partial charge on any atom is 0.128 e. The fourth-order valence-electron chi connectivity index (χ4n) is 1.99. The Balaban J connectivity index is 2.88. The molecule has 1 aromatic carbocycles. The normalized spacial score (nSPS) is 15.7. The standard InChI is InChI=1S/C15H25NO3/c1-6-10(2)16-11(3)15(17)13-8-7-12(18-4)9-14(13)19-5/h7-11,15-17H,6H2,1-5H3. The molecule has 0 aliphatic rings. The van der Waals surface area contributed by atoms with Gasteiger partial charge in [-0.25, -0.2) is 0 Å². The molecule has 4 nitrogen and oxygen atoms in total. The highest BCUT2D eigenvalue weighted by atomic mass is 16.5. The van der Waals surface area contributed by atoms with Gasteiger partial charge in [-0.15, -0.1) is 0 Å². The molecule has 1 rings (SSSR count). The van der Waals surface area contributed by atoms with Crippen molar-refractivity contribution < 1.29 is 14.6 Å². The number of aliphatic hydroxyl groups excluding tert-OH is 1. The SMILES string of the molecule is CCC(C)NC(C)C(O)c1ccc(OC)cc1OC. The van der Waals surface area contributed by atoms with Crippen LogP contribution in [0.1, 0.15) is 38.9 Å². The number of hydrogen-bond acceptors (Lipinski definition) is 4.